The van der Waals surface area contributed by atoms with Crippen LogP contribution in [0.1, 0.15) is 55.9 Å². The van der Waals surface area contributed by atoms with E-state index in [1.165, 1.54) is 36.5 Å². The molecular formula is C24H28FN5O4S. The second kappa shape index (κ2) is 9.73. The highest BCUT2D eigenvalue weighted by atomic mass is 32.2. The Labute approximate surface area is 202 Å². The summed E-state index contributed by atoms with van der Waals surface area (Å²) in [5.41, 5.74) is 1.56. The highest BCUT2D eigenvalue weighted by Crippen LogP contribution is 2.33. The lowest BCUT2D eigenvalue weighted by molar-refractivity contribution is -0.126. The van der Waals surface area contributed by atoms with Gasteiger partial charge >= 0.3 is 0 Å². The van der Waals surface area contributed by atoms with E-state index in [1.807, 2.05) is 18.4 Å². The van der Waals surface area contributed by atoms with Crippen molar-refractivity contribution in [2.75, 3.05) is 6.26 Å². The van der Waals surface area contributed by atoms with Gasteiger partial charge in [0.1, 0.15) is 5.82 Å². The number of fused-ring (bicyclic) bond motifs is 1. The van der Waals surface area contributed by atoms with Crippen LogP contribution in [0.15, 0.2) is 46.5 Å². The van der Waals surface area contributed by atoms with Crippen LogP contribution < -0.4 is 10.9 Å². The Bertz CT molecular complexity index is 1430. The van der Waals surface area contributed by atoms with Gasteiger partial charge in [0, 0.05) is 35.9 Å². The predicted octanol–water partition coefficient (Wildman–Crippen LogP) is 2.90. The average Bonchev–Trinajstić information content (AvgIpc) is 3.15. The van der Waals surface area contributed by atoms with Crippen molar-refractivity contribution in [3.63, 3.8) is 0 Å². The van der Waals surface area contributed by atoms with E-state index in [1.54, 1.807) is 0 Å². The number of amides is 2. The van der Waals surface area contributed by atoms with Gasteiger partial charge in [-0.05, 0) is 63.8 Å². The number of aromatic nitrogens is 3. The topological polar surface area (TPSA) is 126 Å². The van der Waals surface area contributed by atoms with Crippen LogP contribution in [0.5, 0.6) is 0 Å². The molecule has 0 atom stereocenters. The number of halogens is 1. The molecule has 2 aromatic heterocycles. The fraction of sp³-hybridized carbons (Fsp3) is 0.417. The Kier molecular flexibility index (Phi) is 6.88. The summed E-state index contributed by atoms with van der Waals surface area (Å²) in [6.45, 7) is 3.84. The lowest BCUT2D eigenvalue weighted by atomic mass is 9.85. The zero-order chi connectivity index (χ0) is 25.3. The average molecular weight is 502 g/mol. The molecule has 11 heteroatoms. The number of carbonyl (C=O) groups excluding carboxylic acids is 2. The molecule has 1 aliphatic carbocycles. The van der Waals surface area contributed by atoms with Crippen molar-refractivity contribution in [3.05, 3.63) is 53.5 Å². The molecule has 186 valence electrons. The van der Waals surface area contributed by atoms with Gasteiger partial charge in [-0.2, -0.15) is 4.99 Å². The molecule has 0 bridgehead atoms. The van der Waals surface area contributed by atoms with E-state index in [0.717, 1.165) is 6.26 Å². The Hall–Kier alpha value is -3.34. The summed E-state index contributed by atoms with van der Waals surface area (Å²) in [4.78, 5) is 36.7. The van der Waals surface area contributed by atoms with Crippen LogP contribution in [0.4, 0.5) is 4.39 Å². The van der Waals surface area contributed by atoms with Crippen LogP contribution in [0, 0.1) is 11.7 Å². The van der Waals surface area contributed by atoms with Crippen LogP contribution >= 0.6 is 0 Å². The quantitative estimate of drug-likeness (QED) is 0.556. The first-order valence-electron chi connectivity index (χ1n) is 11.5. The second-order valence-electron chi connectivity index (χ2n) is 9.22. The molecule has 0 saturated heterocycles. The van der Waals surface area contributed by atoms with Gasteiger partial charge in [0.05, 0.1) is 17.2 Å². The fourth-order valence-corrected chi connectivity index (χ4v) is 4.99. The van der Waals surface area contributed by atoms with E-state index < -0.39 is 21.6 Å². The fourth-order valence-electron chi connectivity index (χ4n) is 4.42. The van der Waals surface area contributed by atoms with Crippen LogP contribution in [-0.4, -0.2) is 47.1 Å². The molecule has 3 aromatic rings. The van der Waals surface area contributed by atoms with E-state index in [4.69, 9.17) is 0 Å². The second-order valence-corrected chi connectivity index (χ2v) is 11.2. The molecule has 1 aromatic carbocycles. The number of aromatic amines is 1. The van der Waals surface area contributed by atoms with Crippen molar-refractivity contribution in [1.82, 2.24) is 19.9 Å². The first-order chi connectivity index (χ1) is 16.5. The van der Waals surface area contributed by atoms with E-state index in [-0.39, 0.29) is 40.1 Å². The number of hydrogen-bond donors (Lipinski definition) is 2. The summed E-state index contributed by atoms with van der Waals surface area (Å²) >= 11 is 0. The number of rotatable bonds is 5. The normalized spacial score (nSPS) is 19.3. The van der Waals surface area contributed by atoms with Gasteiger partial charge < -0.3 is 14.9 Å². The maximum absolute atomic E-state index is 13.3. The Morgan fingerprint density at radius 3 is 2.43 bits per heavy atom. The van der Waals surface area contributed by atoms with Gasteiger partial charge in [-0.15, -0.1) is 0 Å². The van der Waals surface area contributed by atoms with Crippen molar-refractivity contribution in [2.24, 2.45) is 10.9 Å². The van der Waals surface area contributed by atoms with Crippen molar-refractivity contribution in [2.45, 2.75) is 56.6 Å². The molecule has 0 unspecified atom stereocenters. The number of nitrogens with one attached hydrogen (secondary N) is 2. The van der Waals surface area contributed by atoms with Crippen molar-refractivity contribution < 1.29 is 22.4 Å². The maximum atomic E-state index is 13.3. The third-order valence-corrected chi connectivity index (χ3v) is 7.12. The summed E-state index contributed by atoms with van der Waals surface area (Å²) in [7, 11) is -3.56. The van der Waals surface area contributed by atoms with Gasteiger partial charge in [-0.3, -0.25) is 9.59 Å². The van der Waals surface area contributed by atoms with Crippen molar-refractivity contribution in [3.8, 4) is 0 Å². The van der Waals surface area contributed by atoms with Crippen molar-refractivity contribution >= 4 is 32.7 Å². The lowest BCUT2D eigenvalue weighted by Gasteiger charge is -2.29. The number of benzene rings is 1. The SMILES string of the molecule is CC(C)NC(=O)[C@H]1CC[C@H](n2/c(=N/C(=O)c3ccc(F)cc3)[nH]c3cnc(S(C)(=O)=O)cc32)CC1. The van der Waals surface area contributed by atoms with Gasteiger partial charge in [0.2, 0.25) is 11.5 Å². The zero-order valence-electron chi connectivity index (χ0n) is 19.8. The maximum Gasteiger partial charge on any atom is 0.280 e. The minimum Gasteiger partial charge on any atom is -0.354 e. The van der Waals surface area contributed by atoms with Crippen LogP contribution in [-0.2, 0) is 14.6 Å². The third kappa shape index (κ3) is 5.50. The van der Waals surface area contributed by atoms with E-state index in [0.29, 0.717) is 36.7 Å². The number of hydrogen-bond acceptors (Lipinski definition) is 5. The number of H-pyrrole nitrogens is 1. The molecule has 1 saturated carbocycles. The molecule has 0 spiro atoms. The summed E-state index contributed by atoms with van der Waals surface area (Å²) < 4.78 is 39.4. The molecule has 4 rings (SSSR count). The van der Waals surface area contributed by atoms with Crippen LogP contribution in [0.3, 0.4) is 0 Å². The number of nitrogens with zero attached hydrogens (tertiary/aromatic N) is 3. The van der Waals surface area contributed by atoms with Gasteiger partial charge in [-0.1, -0.05) is 0 Å². The van der Waals surface area contributed by atoms with Gasteiger partial charge in [-0.25, -0.2) is 17.8 Å². The molecule has 2 amide bonds. The first-order valence-corrected chi connectivity index (χ1v) is 13.4. The summed E-state index contributed by atoms with van der Waals surface area (Å²) in [5, 5.41) is 2.87. The highest BCUT2D eigenvalue weighted by Gasteiger charge is 2.29. The third-order valence-electron chi connectivity index (χ3n) is 6.13. The molecule has 0 aliphatic heterocycles. The van der Waals surface area contributed by atoms with E-state index in [2.05, 4.69) is 20.3 Å². The van der Waals surface area contributed by atoms with Gasteiger partial charge in [0.15, 0.2) is 14.9 Å². The minimum atomic E-state index is -3.56. The van der Waals surface area contributed by atoms with Crippen LogP contribution in [0.2, 0.25) is 0 Å². The van der Waals surface area contributed by atoms with Crippen LogP contribution in [0.25, 0.3) is 11.0 Å². The zero-order valence-corrected chi connectivity index (χ0v) is 20.6. The molecule has 1 aliphatic rings. The van der Waals surface area contributed by atoms with Gasteiger partial charge in [0.25, 0.3) is 5.91 Å². The smallest absolute Gasteiger partial charge is 0.280 e. The van der Waals surface area contributed by atoms with Crippen molar-refractivity contribution in [1.29, 1.82) is 0 Å². The Balaban J connectivity index is 1.75. The molecule has 9 nitrogen and oxygen atoms in total. The highest BCUT2D eigenvalue weighted by molar-refractivity contribution is 7.90. The monoisotopic (exact) mass is 501 g/mol. The van der Waals surface area contributed by atoms with E-state index in [9.17, 15) is 22.4 Å². The Morgan fingerprint density at radius 1 is 1.17 bits per heavy atom. The summed E-state index contributed by atoms with van der Waals surface area (Å²) in [6, 6.07) is 6.52. The van der Waals surface area contributed by atoms with E-state index >= 15 is 0 Å². The number of imidazole rings is 1. The summed E-state index contributed by atoms with van der Waals surface area (Å²) in [5.74, 6) is -1.09. The molecule has 2 N–H and O–H groups in total. The summed E-state index contributed by atoms with van der Waals surface area (Å²) in [6.07, 6.45) is 5.09. The Morgan fingerprint density at radius 2 is 1.83 bits per heavy atom. The predicted molar refractivity (Wildman–Crippen MR) is 128 cm³/mol. The minimum absolute atomic E-state index is 0.0299. The number of pyridine rings is 1. The molecule has 2 heterocycles. The number of carbonyl (C=O) groups is 2. The largest absolute Gasteiger partial charge is 0.354 e. The molecular weight excluding hydrogens is 473 g/mol. The first kappa shape index (κ1) is 24.8. The molecule has 0 radical (unpaired) electrons. The molecule has 1 fully saturated rings. The lowest BCUT2D eigenvalue weighted by Crippen LogP contribution is -2.38. The standard InChI is InChI=1S/C24H28FN5O4S/c1-14(2)27-22(31)16-6-10-18(11-7-16)30-20-12-21(35(3,33)34)26-13-19(20)28-24(30)29-23(32)15-4-8-17(25)9-5-15/h4-5,8-9,12-14,16,18H,6-7,10-11H2,1-3H3,(H,27,31)(H,28,29,32)/t16-,18-. The number of sulfone groups is 1. The molecule has 35 heavy (non-hydrogen) atoms.